The summed E-state index contributed by atoms with van der Waals surface area (Å²) >= 11 is 0. The summed E-state index contributed by atoms with van der Waals surface area (Å²) < 4.78 is 42.3. The van der Waals surface area contributed by atoms with Gasteiger partial charge in [0.05, 0.1) is 5.92 Å². The van der Waals surface area contributed by atoms with Gasteiger partial charge in [-0.05, 0) is 20.3 Å². The molecule has 1 aliphatic heterocycles. The Kier molecular flexibility index (Phi) is 6.06. The van der Waals surface area contributed by atoms with Crippen LogP contribution in [0, 0.1) is 5.92 Å². The molecule has 0 bridgehead atoms. The van der Waals surface area contributed by atoms with Gasteiger partial charge in [-0.25, -0.2) is 0 Å². The zero-order valence-electron chi connectivity index (χ0n) is 11.2. The molecule has 1 aliphatic rings. The molecule has 0 aromatic carbocycles. The Hall–Kier alpha value is -0.820. The predicted octanol–water partition coefficient (Wildman–Crippen LogP) is 1.41. The maximum atomic E-state index is 12.6. The summed E-state index contributed by atoms with van der Waals surface area (Å²) in [5, 5.41) is 2.92. The summed E-state index contributed by atoms with van der Waals surface area (Å²) in [6.07, 6.45) is -4.01. The zero-order chi connectivity index (χ0) is 14.5. The molecule has 7 heteroatoms. The van der Waals surface area contributed by atoms with Gasteiger partial charge in [0.1, 0.15) is 6.61 Å². The Balaban J connectivity index is 2.41. The van der Waals surface area contributed by atoms with Crippen LogP contribution in [0.4, 0.5) is 13.2 Å². The third-order valence-electron chi connectivity index (χ3n) is 3.43. The maximum Gasteiger partial charge on any atom is 0.393 e. The second kappa shape index (κ2) is 7.09. The van der Waals surface area contributed by atoms with E-state index in [1.165, 1.54) is 0 Å². The second-order valence-corrected chi connectivity index (χ2v) is 5.14. The van der Waals surface area contributed by atoms with Gasteiger partial charge in [-0.3, -0.25) is 9.69 Å². The maximum absolute atomic E-state index is 12.6. The number of nitrogens with one attached hydrogen (secondary N) is 1. The molecule has 0 aromatic heterocycles. The molecule has 2 unspecified atom stereocenters. The van der Waals surface area contributed by atoms with Crippen molar-refractivity contribution in [1.82, 2.24) is 10.2 Å². The molecule has 0 aromatic rings. The van der Waals surface area contributed by atoms with Crippen LogP contribution in [0.3, 0.4) is 0 Å². The van der Waals surface area contributed by atoms with Crippen molar-refractivity contribution in [1.29, 1.82) is 0 Å². The van der Waals surface area contributed by atoms with Gasteiger partial charge in [0.25, 0.3) is 6.47 Å². The van der Waals surface area contributed by atoms with Gasteiger partial charge in [0.2, 0.25) is 0 Å². The van der Waals surface area contributed by atoms with Crippen LogP contribution in [0.2, 0.25) is 0 Å². The van der Waals surface area contributed by atoms with E-state index in [0.717, 1.165) is 0 Å². The summed E-state index contributed by atoms with van der Waals surface area (Å²) in [4.78, 5) is 12.1. The molecule has 0 radical (unpaired) electrons. The second-order valence-electron chi connectivity index (χ2n) is 5.14. The average Bonchev–Trinajstić information content (AvgIpc) is 2.76. The Morgan fingerprint density at radius 1 is 1.47 bits per heavy atom. The first-order valence-corrected chi connectivity index (χ1v) is 6.44. The number of ether oxygens (including phenoxy) is 1. The van der Waals surface area contributed by atoms with Gasteiger partial charge < -0.3 is 10.1 Å². The van der Waals surface area contributed by atoms with Crippen molar-refractivity contribution in [2.24, 2.45) is 5.92 Å². The quantitative estimate of drug-likeness (QED) is 0.566. The van der Waals surface area contributed by atoms with E-state index in [1.54, 1.807) is 0 Å². The van der Waals surface area contributed by atoms with Crippen molar-refractivity contribution in [2.45, 2.75) is 38.5 Å². The summed E-state index contributed by atoms with van der Waals surface area (Å²) in [6, 6.07) is 0.0345. The molecule has 1 rings (SSSR count). The van der Waals surface area contributed by atoms with Crippen molar-refractivity contribution in [3.05, 3.63) is 0 Å². The predicted molar refractivity (Wildman–Crippen MR) is 64.7 cm³/mol. The summed E-state index contributed by atoms with van der Waals surface area (Å²) in [5.41, 5.74) is 0. The van der Waals surface area contributed by atoms with E-state index in [9.17, 15) is 18.0 Å². The van der Waals surface area contributed by atoms with Crippen molar-refractivity contribution >= 4 is 6.47 Å². The third kappa shape index (κ3) is 5.36. The number of alkyl halides is 3. The minimum absolute atomic E-state index is 0.00899. The fourth-order valence-corrected chi connectivity index (χ4v) is 2.27. The zero-order valence-corrected chi connectivity index (χ0v) is 11.2. The molecule has 0 amide bonds. The van der Waals surface area contributed by atoms with Crippen LogP contribution in [0.15, 0.2) is 0 Å². The first kappa shape index (κ1) is 16.2. The van der Waals surface area contributed by atoms with Crippen molar-refractivity contribution in [3.8, 4) is 0 Å². The highest BCUT2D eigenvalue weighted by Crippen LogP contribution is 2.32. The van der Waals surface area contributed by atoms with Crippen LogP contribution < -0.4 is 5.32 Å². The van der Waals surface area contributed by atoms with Crippen molar-refractivity contribution in [2.75, 3.05) is 26.2 Å². The van der Waals surface area contributed by atoms with Gasteiger partial charge in [0, 0.05) is 31.7 Å². The Labute approximate surface area is 111 Å². The fourth-order valence-electron chi connectivity index (χ4n) is 2.27. The Morgan fingerprint density at radius 2 is 2.16 bits per heavy atom. The molecule has 112 valence electrons. The molecule has 2 atom stereocenters. The largest absolute Gasteiger partial charge is 0.467 e. The summed E-state index contributed by atoms with van der Waals surface area (Å²) in [7, 11) is 0. The monoisotopic (exact) mass is 282 g/mol. The van der Waals surface area contributed by atoms with E-state index in [4.69, 9.17) is 0 Å². The van der Waals surface area contributed by atoms with E-state index in [1.807, 2.05) is 18.7 Å². The lowest BCUT2D eigenvalue weighted by atomic mass is 10.0. The lowest BCUT2D eigenvalue weighted by molar-refractivity contribution is -0.169. The molecular weight excluding hydrogens is 261 g/mol. The Morgan fingerprint density at radius 3 is 2.63 bits per heavy atom. The minimum Gasteiger partial charge on any atom is -0.467 e. The fraction of sp³-hybridized carbons (Fsp3) is 0.917. The first-order valence-electron chi connectivity index (χ1n) is 6.44. The summed E-state index contributed by atoms with van der Waals surface area (Å²) in [5.74, 6) is -1.25. The highest BCUT2D eigenvalue weighted by molar-refractivity contribution is 5.36. The average molecular weight is 282 g/mol. The molecular formula is C12H21F3N2O2. The number of nitrogens with zero attached hydrogens (tertiary/aromatic N) is 1. The van der Waals surface area contributed by atoms with Crippen LogP contribution in [0.5, 0.6) is 0 Å². The SMILES string of the molecule is CC(C)N(CCOC=O)CC1CC(C(F)(F)F)CN1. The van der Waals surface area contributed by atoms with E-state index >= 15 is 0 Å². The lowest BCUT2D eigenvalue weighted by Crippen LogP contribution is -2.42. The topological polar surface area (TPSA) is 41.6 Å². The van der Waals surface area contributed by atoms with Gasteiger partial charge in [-0.1, -0.05) is 0 Å². The van der Waals surface area contributed by atoms with Crippen LogP contribution >= 0.6 is 0 Å². The molecule has 19 heavy (non-hydrogen) atoms. The van der Waals surface area contributed by atoms with E-state index in [2.05, 4.69) is 10.1 Å². The third-order valence-corrected chi connectivity index (χ3v) is 3.43. The van der Waals surface area contributed by atoms with Crippen LogP contribution in [0.25, 0.3) is 0 Å². The first-order chi connectivity index (χ1) is 8.84. The molecule has 0 aliphatic carbocycles. The number of halogens is 3. The normalized spacial score (nSPS) is 24.2. The molecule has 1 saturated heterocycles. The standard InChI is InChI=1S/C12H21F3N2O2/c1-9(2)17(3-4-19-8-18)7-11-5-10(6-16-11)12(13,14)15/h8-11,16H,3-7H2,1-2H3. The van der Waals surface area contributed by atoms with Gasteiger partial charge in [-0.2, -0.15) is 13.2 Å². The highest BCUT2D eigenvalue weighted by atomic mass is 19.4. The molecule has 1 heterocycles. The van der Waals surface area contributed by atoms with E-state index < -0.39 is 12.1 Å². The molecule has 0 saturated carbocycles. The number of hydrogen-bond donors (Lipinski definition) is 1. The minimum atomic E-state index is -4.12. The van der Waals surface area contributed by atoms with Crippen molar-refractivity contribution in [3.63, 3.8) is 0 Å². The number of carbonyl (C=O) groups is 1. The molecule has 0 spiro atoms. The molecule has 1 N–H and O–H groups in total. The molecule has 1 fully saturated rings. The number of rotatable bonds is 7. The molecule has 4 nitrogen and oxygen atoms in total. The number of carbonyl (C=O) groups excluding carboxylic acids is 1. The number of hydrogen-bond acceptors (Lipinski definition) is 4. The van der Waals surface area contributed by atoms with Gasteiger partial charge >= 0.3 is 6.18 Å². The van der Waals surface area contributed by atoms with E-state index in [0.29, 0.717) is 19.6 Å². The van der Waals surface area contributed by atoms with Crippen molar-refractivity contribution < 1.29 is 22.7 Å². The van der Waals surface area contributed by atoms with E-state index in [-0.39, 0.29) is 31.7 Å². The lowest BCUT2D eigenvalue weighted by Gasteiger charge is -2.28. The van der Waals surface area contributed by atoms with Crippen LogP contribution in [-0.2, 0) is 9.53 Å². The highest BCUT2D eigenvalue weighted by Gasteiger charge is 2.44. The van der Waals surface area contributed by atoms with Crippen LogP contribution in [-0.4, -0.2) is 55.9 Å². The van der Waals surface area contributed by atoms with Crippen LogP contribution in [0.1, 0.15) is 20.3 Å². The summed E-state index contributed by atoms with van der Waals surface area (Å²) in [6.45, 7) is 5.64. The Bertz CT molecular complexity index is 285. The smallest absolute Gasteiger partial charge is 0.393 e. The van der Waals surface area contributed by atoms with Gasteiger partial charge in [0.15, 0.2) is 0 Å². The van der Waals surface area contributed by atoms with Gasteiger partial charge in [-0.15, -0.1) is 0 Å².